The van der Waals surface area contributed by atoms with Crippen molar-refractivity contribution in [3.8, 4) is 5.82 Å². The molecule has 0 unspecified atom stereocenters. The van der Waals surface area contributed by atoms with Gasteiger partial charge in [-0.25, -0.2) is 24.3 Å². The van der Waals surface area contributed by atoms with Crippen molar-refractivity contribution in [2.75, 3.05) is 5.32 Å². The number of H-pyrrole nitrogens is 1. The van der Waals surface area contributed by atoms with Gasteiger partial charge in [-0.15, -0.1) is 5.10 Å². The fourth-order valence-corrected chi connectivity index (χ4v) is 3.77. The number of aromatic amines is 1. The minimum Gasteiger partial charge on any atom is -0.367 e. The molecule has 1 aliphatic rings. The fraction of sp³-hybridized carbons (Fsp3) is 0.333. The van der Waals surface area contributed by atoms with E-state index in [1.165, 1.54) is 12.4 Å². The second-order valence-corrected chi connectivity index (χ2v) is 6.93. The minimum absolute atomic E-state index is 0.0756. The van der Waals surface area contributed by atoms with Gasteiger partial charge < -0.3 is 10.3 Å². The van der Waals surface area contributed by atoms with E-state index in [2.05, 4.69) is 35.5 Å². The van der Waals surface area contributed by atoms with Crippen molar-refractivity contribution >= 4 is 16.9 Å². The number of nitrogens with zero attached hydrogens (tertiary/aromatic N) is 7. The Hall–Kier alpha value is -3.56. The Morgan fingerprint density at radius 3 is 2.79 bits per heavy atom. The van der Waals surface area contributed by atoms with E-state index < -0.39 is 0 Å². The van der Waals surface area contributed by atoms with Crippen LogP contribution >= 0.6 is 0 Å². The van der Waals surface area contributed by atoms with Crippen LogP contribution in [0.2, 0.25) is 0 Å². The molecule has 1 saturated carbocycles. The lowest BCUT2D eigenvalue weighted by Crippen LogP contribution is -2.33. The van der Waals surface area contributed by atoms with Crippen LogP contribution in [0, 0.1) is 0 Å². The fourth-order valence-electron chi connectivity index (χ4n) is 3.77. The van der Waals surface area contributed by atoms with E-state index in [0.717, 1.165) is 42.5 Å². The smallest absolute Gasteiger partial charge is 0.267 e. The summed E-state index contributed by atoms with van der Waals surface area (Å²) in [6.45, 7) is 0. The molecule has 4 aromatic heterocycles. The molecule has 4 heterocycles. The number of hydrogen-bond acceptors (Lipinski definition) is 7. The van der Waals surface area contributed by atoms with E-state index >= 15 is 0 Å². The van der Waals surface area contributed by atoms with E-state index in [9.17, 15) is 4.79 Å². The molecule has 10 nitrogen and oxygen atoms in total. The Morgan fingerprint density at radius 2 is 1.96 bits per heavy atom. The van der Waals surface area contributed by atoms with E-state index in [1.54, 1.807) is 28.1 Å². The predicted octanol–water partition coefficient (Wildman–Crippen LogP) is 1.69. The zero-order chi connectivity index (χ0) is 18.9. The molecule has 0 bridgehead atoms. The summed E-state index contributed by atoms with van der Waals surface area (Å²) in [6.07, 6.45) is 10.0. The van der Waals surface area contributed by atoms with Gasteiger partial charge in [0.15, 0.2) is 5.82 Å². The number of anilines is 1. The van der Waals surface area contributed by atoms with E-state index in [-0.39, 0.29) is 11.6 Å². The average Bonchev–Trinajstić information content (AvgIpc) is 3.42. The van der Waals surface area contributed by atoms with Crippen molar-refractivity contribution in [1.82, 2.24) is 39.5 Å². The average molecular weight is 377 g/mol. The van der Waals surface area contributed by atoms with Gasteiger partial charge in [0.1, 0.15) is 30.4 Å². The molecule has 5 rings (SSSR count). The molecule has 0 amide bonds. The highest BCUT2D eigenvalue weighted by molar-refractivity contribution is 5.86. The number of nitrogens with one attached hydrogen (secondary N) is 2. The van der Waals surface area contributed by atoms with Crippen LogP contribution in [0.15, 0.2) is 48.2 Å². The van der Waals surface area contributed by atoms with Crippen molar-refractivity contribution in [3.05, 3.63) is 53.7 Å². The summed E-state index contributed by atoms with van der Waals surface area (Å²) in [6, 6.07) is 5.56. The molecule has 0 saturated heterocycles. The van der Waals surface area contributed by atoms with Gasteiger partial charge in [0.25, 0.3) is 5.56 Å². The number of fused-ring (bicyclic) bond motifs is 1. The second kappa shape index (κ2) is 6.87. The summed E-state index contributed by atoms with van der Waals surface area (Å²) < 4.78 is 3.14. The van der Waals surface area contributed by atoms with Crippen LogP contribution in [-0.4, -0.2) is 45.5 Å². The Kier molecular flexibility index (Phi) is 4.08. The number of aromatic nitrogens is 8. The van der Waals surface area contributed by atoms with Gasteiger partial charge in [0, 0.05) is 18.3 Å². The molecule has 142 valence electrons. The van der Waals surface area contributed by atoms with Crippen LogP contribution in [-0.2, 0) is 0 Å². The Morgan fingerprint density at radius 1 is 1.07 bits per heavy atom. The quantitative estimate of drug-likeness (QED) is 0.555. The summed E-state index contributed by atoms with van der Waals surface area (Å²) in [5.74, 6) is 1.44. The lowest BCUT2D eigenvalue weighted by Gasteiger charge is -2.30. The third kappa shape index (κ3) is 3.02. The lowest BCUT2D eigenvalue weighted by atomic mass is 9.91. The molecule has 2 N–H and O–H groups in total. The van der Waals surface area contributed by atoms with Crippen LogP contribution in [0.1, 0.15) is 31.7 Å². The molecule has 0 aromatic carbocycles. The van der Waals surface area contributed by atoms with Gasteiger partial charge in [-0.2, -0.15) is 5.10 Å². The Labute approximate surface area is 159 Å². The summed E-state index contributed by atoms with van der Waals surface area (Å²) in [5.41, 5.74) is 0.733. The first-order valence-corrected chi connectivity index (χ1v) is 9.27. The molecular formula is C18H19N9O. The van der Waals surface area contributed by atoms with E-state index in [4.69, 9.17) is 0 Å². The maximum atomic E-state index is 12.3. The zero-order valence-corrected chi connectivity index (χ0v) is 15.1. The third-order valence-corrected chi connectivity index (χ3v) is 5.20. The molecule has 0 spiro atoms. The minimum atomic E-state index is -0.0925. The Bertz CT molecular complexity index is 1140. The van der Waals surface area contributed by atoms with Gasteiger partial charge in [0.05, 0.1) is 11.4 Å². The molecular weight excluding hydrogens is 358 g/mol. The van der Waals surface area contributed by atoms with Gasteiger partial charge in [0.2, 0.25) is 0 Å². The van der Waals surface area contributed by atoms with Gasteiger partial charge in [-0.3, -0.25) is 4.79 Å². The predicted molar refractivity (Wildman–Crippen MR) is 102 cm³/mol. The number of rotatable bonds is 4. The topological polar surface area (TPSA) is 119 Å². The van der Waals surface area contributed by atoms with Crippen LogP contribution < -0.4 is 10.9 Å². The maximum absolute atomic E-state index is 12.3. The SMILES string of the molecule is O=c1ccc(-n2cncn2)nn1C1CCC(Nc2ncnc3[nH]ccc23)CC1. The van der Waals surface area contributed by atoms with Gasteiger partial charge in [-0.1, -0.05) is 0 Å². The van der Waals surface area contributed by atoms with Crippen LogP contribution in [0.4, 0.5) is 5.82 Å². The number of hydrogen-bond donors (Lipinski definition) is 2. The highest BCUT2D eigenvalue weighted by Gasteiger charge is 2.24. The molecule has 1 fully saturated rings. The van der Waals surface area contributed by atoms with Crippen molar-refractivity contribution in [1.29, 1.82) is 0 Å². The molecule has 0 atom stereocenters. The monoisotopic (exact) mass is 377 g/mol. The molecule has 1 aliphatic carbocycles. The first-order valence-electron chi connectivity index (χ1n) is 9.27. The highest BCUT2D eigenvalue weighted by Crippen LogP contribution is 2.30. The first-order chi connectivity index (χ1) is 13.8. The second-order valence-electron chi connectivity index (χ2n) is 6.93. The Balaban J connectivity index is 1.30. The highest BCUT2D eigenvalue weighted by atomic mass is 16.1. The summed E-state index contributed by atoms with van der Waals surface area (Å²) in [7, 11) is 0. The van der Waals surface area contributed by atoms with E-state index in [1.807, 2.05) is 12.3 Å². The third-order valence-electron chi connectivity index (χ3n) is 5.20. The molecule has 0 radical (unpaired) electrons. The summed E-state index contributed by atoms with van der Waals surface area (Å²) >= 11 is 0. The van der Waals surface area contributed by atoms with E-state index in [0.29, 0.717) is 11.9 Å². The van der Waals surface area contributed by atoms with Crippen LogP contribution in [0.3, 0.4) is 0 Å². The maximum Gasteiger partial charge on any atom is 0.267 e. The molecule has 0 aliphatic heterocycles. The van der Waals surface area contributed by atoms with Crippen LogP contribution in [0.5, 0.6) is 0 Å². The molecule has 4 aromatic rings. The lowest BCUT2D eigenvalue weighted by molar-refractivity contribution is 0.302. The zero-order valence-electron chi connectivity index (χ0n) is 15.1. The van der Waals surface area contributed by atoms with Crippen molar-refractivity contribution < 1.29 is 0 Å². The summed E-state index contributed by atoms with van der Waals surface area (Å²) in [5, 5.41) is 13.1. The molecule has 28 heavy (non-hydrogen) atoms. The van der Waals surface area contributed by atoms with Gasteiger partial charge in [-0.05, 0) is 37.8 Å². The molecule has 10 heteroatoms. The van der Waals surface area contributed by atoms with Crippen molar-refractivity contribution in [3.63, 3.8) is 0 Å². The standard InChI is InChI=1S/C18H19N9O/c28-16-6-5-15(26-11-19-9-23-26)25-27(16)13-3-1-12(2-4-13)24-18-14-7-8-20-17(14)21-10-22-18/h5-13H,1-4H2,(H2,20,21,22,24). The largest absolute Gasteiger partial charge is 0.367 e. The van der Waals surface area contributed by atoms with Crippen LogP contribution in [0.25, 0.3) is 16.9 Å². The van der Waals surface area contributed by atoms with Crippen molar-refractivity contribution in [2.45, 2.75) is 37.8 Å². The first kappa shape index (κ1) is 16.6. The van der Waals surface area contributed by atoms with Gasteiger partial charge >= 0.3 is 0 Å². The van der Waals surface area contributed by atoms with Crippen molar-refractivity contribution in [2.24, 2.45) is 0 Å². The summed E-state index contributed by atoms with van der Waals surface area (Å²) in [4.78, 5) is 28.0. The normalized spacial score (nSPS) is 19.7.